The van der Waals surface area contributed by atoms with Crippen LogP contribution in [0.25, 0.3) is 10.8 Å². The number of hydrogen-bond acceptors (Lipinski definition) is 4. The van der Waals surface area contributed by atoms with E-state index in [2.05, 4.69) is 89.1 Å². The molecule has 0 radical (unpaired) electrons. The molecule has 1 aromatic heterocycles. The van der Waals surface area contributed by atoms with Crippen LogP contribution in [0.15, 0.2) is 66.7 Å². The maximum Gasteiger partial charge on any atom is 0.241 e. The summed E-state index contributed by atoms with van der Waals surface area (Å²) in [6.07, 6.45) is 1.93. The standard InChI is InChI=1S/C23H23N5/c1-2-15-10-12-17(13-11-15)20-14-21(28-23(25-20)26-22(24)27-28)19-9-5-7-16-6-3-4-8-18(16)19/h3-13,20-21H,2,14H2,1H3,(H3,24,25,26,27)/t20-,21+/m0/s1. The molecule has 4 aromatic rings. The SMILES string of the molecule is CCc1ccc([C@@H]2C[C@H](c3cccc4ccccc34)n3nc(N)nc3N2)cc1. The Morgan fingerprint density at radius 2 is 1.82 bits per heavy atom. The Bertz CT molecular complexity index is 1120. The van der Waals surface area contributed by atoms with Gasteiger partial charge in [-0.05, 0) is 40.3 Å². The van der Waals surface area contributed by atoms with Crippen LogP contribution in [0.4, 0.5) is 11.9 Å². The molecule has 140 valence electrons. The Labute approximate surface area is 164 Å². The molecule has 0 fully saturated rings. The molecule has 5 nitrogen and oxygen atoms in total. The van der Waals surface area contributed by atoms with Gasteiger partial charge in [0.1, 0.15) is 0 Å². The first-order chi connectivity index (χ1) is 13.7. The van der Waals surface area contributed by atoms with Gasteiger partial charge in [0.2, 0.25) is 11.9 Å². The molecule has 3 aromatic carbocycles. The molecule has 2 atom stereocenters. The van der Waals surface area contributed by atoms with Crippen molar-refractivity contribution in [2.24, 2.45) is 0 Å². The van der Waals surface area contributed by atoms with Gasteiger partial charge in [-0.15, -0.1) is 5.10 Å². The van der Waals surface area contributed by atoms with E-state index in [0.717, 1.165) is 18.8 Å². The van der Waals surface area contributed by atoms with Crippen LogP contribution < -0.4 is 11.1 Å². The first kappa shape index (κ1) is 16.8. The summed E-state index contributed by atoms with van der Waals surface area (Å²) in [5.41, 5.74) is 9.81. The molecule has 0 unspecified atom stereocenters. The fourth-order valence-electron chi connectivity index (χ4n) is 4.20. The Kier molecular flexibility index (Phi) is 4.01. The van der Waals surface area contributed by atoms with E-state index in [1.807, 2.05) is 4.68 Å². The van der Waals surface area contributed by atoms with Gasteiger partial charge in [0.25, 0.3) is 0 Å². The van der Waals surface area contributed by atoms with Gasteiger partial charge in [0, 0.05) is 0 Å². The minimum atomic E-state index is 0.0722. The van der Waals surface area contributed by atoms with E-state index in [9.17, 15) is 0 Å². The highest BCUT2D eigenvalue weighted by molar-refractivity contribution is 5.86. The number of anilines is 2. The molecule has 0 saturated carbocycles. The second kappa shape index (κ2) is 6.68. The predicted octanol–water partition coefficient (Wildman–Crippen LogP) is 4.72. The molecule has 2 heterocycles. The van der Waals surface area contributed by atoms with Crippen molar-refractivity contribution in [3.05, 3.63) is 83.4 Å². The van der Waals surface area contributed by atoms with Crippen LogP contribution in [0, 0.1) is 0 Å². The van der Waals surface area contributed by atoms with Crippen LogP contribution in [-0.4, -0.2) is 14.8 Å². The Hall–Kier alpha value is -3.34. The zero-order valence-corrected chi connectivity index (χ0v) is 15.8. The molecule has 0 saturated heterocycles. The number of benzene rings is 3. The number of aryl methyl sites for hydroxylation is 1. The summed E-state index contributed by atoms with van der Waals surface area (Å²) in [4.78, 5) is 4.44. The average molecular weight is 369 g/mol. The molecule has 5 heteroatoms. The van der Waals surface area contributed by atoms with E-state index in [-0.39, 0.29) is 12.1 Å². The average Bonchev–Trinajstić information content (AvgIpc) is 3.13. The molecule has 0 bridgehead atoms. The smallest absolute Gasteiger partial charge is 0.241 e. The molecule has 1 aliphatic rings. The van der Waals surface area contributed by atoms with Crippen molar-refractivity contribution >= 4 is 22.7 Å². The third-order valence-corrected chi connectivity index (χ3v) is 5.68. The lowest BCUT2D eigenvalue weighted by molar-refractivity contribution is 0.434. The van der Waals surface area contributed by atoms with Gasteiger partial charge < -0.3 is 11.1 Å². The summed E-state index contributed by atoms with van der Waals surface area (Å²) < 4.78 is 1.94. The maximum atomic E-state index is 5.95. The molecule has 0 spiro atoms. The van der Waals surface area contributed by atoms with Gasteiger partial charge >= 0.3 is 0 Å². The molecular weight excluding hydrogens is 346 g/mol. The van der Waals surface area contributed by atoms with Gasteiger partial charge in [-0.2, -0.15) is 4.98 Å². The van der Waals surface area contributed by atoms with Gasteiger partial charge in [0.15, 0.2) is 0 Å². The van der Waals surface area contributed by atoms with E-state index >= 15 is 0 Å². The fourth-order valence-corrected chi connectivity index (χ4v) is 4.20. The van der Waals surface area contributed by atoms with Crippen molar-refractivity contribution in [2.75, 3.05) is 11.1 Å². The van der Waals surface area contributed by atoms with Gasteiger partial charge in [0.05, 0.1) is 12.1 Å². The van der Waals surface area contributed by atoms with Gasteiger partial charge in [-0.25, -0.2) is 4.68 Å². The highest BCUT2D eigenvalue weighted by Gasteiger charge is 2.31. The highest BCUT2D eigenvalue weighted by atomic mass is 15.4. The normalized spacial score (nSPS) is 18.6. The summed E-state index contributed by atoms with van der Waals surface area (Å²) in [7, 11) is 0. The molecule has 5 rings (SSSR count). The second-order valence-corrected chi connectivity index (χ2v) is 7.35. The van der Waals surface area contributed by atoms with Crippen molar-refractivity contribution in [1.29, 1.82) is 0 Å². The summed E-state index contributed by atoms with van der Waals surface area (Å²) in [6.45, 7) is 2.18. The van der Waals surface area contributed by atoms with E-state index in [0.29, 0.717) is 5.95 Å². The van der Waals surface area contributed by atoms with Crippen molar-refractivity contribution < 1.29 is 0 Å². The number of rotatable bonds is 3. The lowest BCUT2D eigenvalue weighted by Gasteiger charge is -2.32. The van der Waals surface area contributed by atoms with Gasteiger partial charge in [-0.1, -0.05) is 73.7 Å². The van der Waals surface area contributed by atoms with E-state index in [1.54, 1.807) is 0 Å². The number of hydrogen-bond donors (Lipinski definition) is 2. The molecule has 0 amide bonds. The predicted molar refractivity (Wildman–Crippen MR) is 113 cm³/mol. The minimum Gasteiger partial charge on any atom is -0.366 e. The number of fused-ring (bicyclic) bond motifs is 2. The topological polar surface area (TPSA) is 68.8 Å². The molecule has 0 aliphatic carbocycles. The van der Waals surface area contributed by atoms with Crippen molar-refractivity contribution in [3.63, 3.8) is 0 Å². The second-order valence-electron chi connectivity index (χ2n) is 7.35. The van der Waals surface area contributed by atoms with Crippen LogP contribution in [0.3, 0.4) is 0 Å². The van der Waals surface area contributed by atoms with Crippen LogP contribution in [-0.2, 0) is 6.42 Å². The fraction of sp³-hybridized carbons (Fsp3) is 0.217. The highest BCUT2D eigenvalue weighted by Crippen LogP contribution is 2.40. The third-order valence-electron chi connectivity index (χ3n) is 5.68. The minimum absolute atomic E-state index is 0.0722. The number of nitrogens with two attached hydrogens (primary N) is 1. The first-order valence-electron chi connectivity index (χ1n) is 9.78. The van der Waals surface area contributed by atoms with Gasteiger partial charge in [-0.3, -0.25) is 0 Å². The van der Waals surface area contributed by atoms with Crippen molar-refractivity contribution in [1.82, 2.24) is 14.8 Å². The number of nitrogens with one attached hydrogen (secondary N) is 1. The quantitative estimate of drug-likeness (QED) is 0.548. The number of aromatic nitrogens is 3. The molecule has 3 N–H and O–H groups in total. The monoisotopic (exact) mass is 369 g/mol. The van der Waals surface area contributed by atoms with Crippen LogP contribution >= 0.6 is 0 Å². The molecule has 1 aliphatic heterocycles. The lowest BCUT2D eigenvalue weighted by Crippen LogP contribution is -2.28. The molecular formula is C23H23N5. The number of nitrogens with zero attached hydrogens (tertiary/aromatic N) is 3. The number of nitrogen functional groups attached to an aromatic ring is 1. The van der Waals surface area contributed by atoms with Crippen LogP contribution in [0.2, 0.25) is 0 Å². The molecule has 28 heavy (non-hydrogen) atoms. The summed E-state index contributed by atoms with van der Waals surface area (Å²) in [5, 5.41) is 10.5. The van der Waals surface area contributed by atoms with E-state index in [4.69, 9.17) is 5.73 Å². The van der Waals surface area contributed by atoms with Crippen molar-refractivity contribution in [3.8, 4) is 0 Å². The summed E-state index contributed by atoms with van der Waals surface area (Å²) >= 11 is 0. The third kappa shape index (κ3) is 2.80. The Morgan fingerprint density at radius 1 is 1.04 bits per heavy atom. The first-order valence-corrected chi connectivity index (χ1v) is 9.78. The zero-order chi connectivity index (χ0) is 19.1. The van der Waals surface area contributed by atoms with E-state index in [1.165, 1.54) is 27.5 Å². The summed E-state index contributed by atoms with van der Waals surface area (Å²) in [5.74, 6) is 1.03. The van der Waals surface area contributed by atoms with E-state index < -0.39 is 0 Å². The zero-order valence-electron chi connectivity index (χ0n) is 15.8. The Balaban J connectivity index is 1.61. The summed E-state index contributed by atoms with van der Waals surface area (Å²) in [6, 6.07) is 24.0. The van der Waals surface area contributed by atoms with Crippen LogP contribution in [0.5, 0.6) is 0 Å². The van der Waals surface area contributed by atoms with Crippen LogP contribution in [0.1, 0.15) is 42.1 Å². The Morgan fingerprint density at radius 3 is 2.64 bits per heavy atom. The maximum absolute atomic E-state index is 5.95. The largest absolute Gasteiger partial charge is 0.366 e. The lowest BCUT2D eigenvalue weighted by atomic mass is 9.90. The van der Waals surface area contributed by atoms with Crippen molar-refractivity contribution in [2.45, 2.75) is 31.8 Å².